The number of nitrogens with zero attached hydrogens (tertiary/aromatic N) is 1. The SMILES string of the molecule is CC1=C(C)C(=O)N([C@H]2[C@H](O[Si](C)(C)C(C)(C)C(C)C)O[C@H](COCc3ccccc3)[C@@H](O[C@@H]3O[C@@H]4CO[C@@H](c5ccccc5)O[C@H]4[C@H](OC(=O)c4ccccc4)[C@H]3OS(=O)(=O)C(F)(F)F)[C@@H]2OCc2ccccc2)C1=O. The molecule has 0 radical (unpaired) electrons. The maximum Gasteiger partial charge on any atom is 0.523 e. The molecule has 0 saturated carbocycles. The van der Waals surface area contributed by atoms with E-state index in [4.69, 9.17) is 46.5 Å². The van der Waals surface area contributed by atoms with Crippen LogP contribution in [0.2, 0.25) is 18.1 Å². The van der Waals surface area contributed by atoms with E-state index in [1.807, 2.05) is 43.4 Å². The smallest absolute Gasteiger partial charge is 0.453 e. The highest BCUT2D eigenvalue weighted by atomic mass is 32.2. The molecule has 8 rings (SSSR count). The van der Waals surface area contributed by atoms with Gasteiger partial charge in [0.1, 0.15) is 36.6 Å². The van der Waals surface area contributed by atoms with Crippen molar-refractivity contribution in [2.75, 3.05) is 13.2 Å². The Balaban J connectivity index is 1.29. The average molecular weight is 1100 g/mol. The number of imide groups is 1. The number of alkyl halides is 3. The van der Waals surface area contributed by atoms with Gasteiger partial charge in [-0.05, 0) is 61.2 Å². The second-order valence-corrected chi connectivity index (χ2v) is 26.7. The second-order valence-electron chi connectivity index (χ2n) is 20.5. The van der Waals surface area contributed by atoms with Crippen molar-refractivity contribution in [1.29, 1.82) is 0 Å². The van der Waals surface area contributed by atoms with Crippen molar-refractivity contribution in [3.8, 4) is 0 Å². The normalized spacial score (nSPS) is 27.7. The summed E-state index contributed by atoms with van der Waals surface area (Å²) in [6, 6.07) is 32.5. The first kappa shape index (κ1) is 57.0. The molecule has 11 atom stereocenters. The Hall–Kier alpha value is -5.17. The van der Waals surface area contributed by atoms with E-state index in [1.54, 1.807) is 66.7 Å². The molecule has 0 aromatic heterocycles. The van der Waals surface area contributed by atoms with Crippen LogP contribution in [-0.4, -0.2) is 119 Å². The Labute approximate surface area is 441 Å². The molecule has 4 aromatic rings. The minimum Gasteiger partial charge on any atom is -0.453 e. The summed E-state index contributed by atoms with van der Waals surface area (Å²) in [6.45, 7) is 14.4. The molecule has 0 spiro atoms. The van der Waals surface area contributed by atoms with Gasteiger partial charge in [0.05, 0.1) is 32.0 Å². The minimum absolute atomic E-state index is 0.0258. The summed E-state index contributed by atoms with van der Waals surface area (Å²) in [5.74, 6) is -2.39. The van der Waals surface area contributed by atoms with Crippen molar-refractivity contribution in [3.05, 3.63) is 155 Å². The van der Waals surface area contributed by atoms with E-state index in [1.165, 1.54) is 38.1 Å². The van der Waals surface area contributed by atoms with E-state index in [2.05, 4.69) is 27.7 Å². The standard InChI is InChI=1S/C55H64F3NO15SSi/c1-33(2)54(5,6)76(7,8)74-52-42(59-48(60)34(3)35(4)49(59)61)45(66-30-37-23-15-10-16-24-37)43(40(68-52)31-65-29-36-21-13-9-14-22-36)72-53-47(73-75(63,64)55(56,57)58)46(70-50(62)38-25-17-11-18-26-38)44-41(69-53)32-67-51(71-44)39-27-19-12-20-28-39/h9-28,33,40-47,51-53H,29-32H2,1-8H3/t40-,41-,42-,43-,44-,45-,46+,47-,51-,52+,53+/m1/s1. The summed E-state index contributed by atoms with van der Waals surface area (Å²) in [4.78, 5) is 44.2. The number of esters is 1. The van der Waals surface area contributed by atoms with Crippen LogP contribution in [0.5, 0.6) is 0 Å². The number of ether oxygens (including phenoxy) is 8. The first-order valence-electron chi connectivity index (χ1n) is 25.0. The molecule has 4 aromatic carbocycles. The molecule has 0 unspecified atom stereocenters. The Morgan fingerprint density at radius 3 is 1.86 bits per heavy atom. The molecular formula is C55H64F3NO15SSi. The Bertz CT molecular complexity index is 2770. The fourth-order valence-corrected chi connectivity index (χ4v) is 12.4. The number of fused-ring (bicyclic) bond motifs is 1. The van der Waals surface area contributed by atoms with E-state index >= 15 is 0 Å². The van der Waals surface area contributed by atoms with Crippen LogP contribution in [0.3, 0.4) is 0 Å². The molecule has 4 aliphatic rings. The van der Waals surface area contributed by atoms with Crippen LogP contribution in [0.4, 0.5) is 13.2 Å². The number of benzene rings is 4. The third kappa shape index (κ3) is 12.2. The Kier molecular flexibility index (Phi) is 17.6. The van der Waals surface area contributed by atoms with E-state index in [9.17, 15) is 36.0 Å². The molecule has 4 heterocycles. The molecule has 21 heteroatoms. The summed E-state index contributed by atoms with van der Waals surface area (Å²) in [6.07, 6.45) is -16.8. The maximum absolute atomic E-state index is 14.7. The van der Waals surface area contributed by atoms with Crippen LogP contribution >= 0.6 is 0 Å². The zero-order valence-electron chi connectivity index (χ0n) is 43.4. The van der Waals surface area contributed by atoms with Crippen molar-refractivity contribution in [3.63, 3.8) is 0 Å². The van der Waals surface area contributed by atoms with Gasteiger partial charge in [-0.1, -0.05) is 137 Å². The van der Waals surface area contributed by atoms with Crippen molar-refractivity contribution in [2.45, 2.75) is 146 Å². The van der Waals surface area contributed by atoms with Crippen LogP contribution in [-0.2, 0) is 79.4 Å². The van der Waals surface area contributed by atoms with Gasteiger partial charge in [0.15, 0.2) is 39.4 Å². The number of rotatable bonds is 19. The first-order valence-corrected chi connectivity index (χ1v) is 29.3. The summed E-state index contributed by atoms with van der Waals surface area (Å²) in [5, 5.41) is -0.464. The highest BCUT2D eigenvalue weighted by Crippen LogP contribution is 2.48. The lowest BCUT2D eigenvalue weighted by Gasteiger charge is -2.53. The largest absolute Gasteiger partial charge is 0.523 e. The molecule has 3 fully saturated rings. The topological polar surface area (TPSA) is 181 Å². The van der Waals surface area contributed by atoms with E-state index in [0.717, 1.165) is 10.5 Å². The van der Waals surface area contributed by atoms with E-state index in [0.29, 0.717) is 11.1 Å². The number of carbonyl (C=O) groups is 3. The van der Waals surface area contributed by atoms with Gasteiger partial charge in [-0.3, -0.25) is 18.7 Å². The maximum atomic E-state index is 14.7. The monoisotopic (exact) mass is 1100 g/mol. The number of hydrogen-bond donors (Lipinski definition) is 0. The van der Waals surface area contributed by atoms with Gasteiger partial charge in [-0.25, -0.2) is 4.79 Å². The fraction of sp³-hybridized carbons (Fsp3) is 0.473. The number of halogens is 3. The van der Waals surface area contributed by atoms with Gasteiger partial charge in [0.2, 0.25) is 0 Å². The van der Waals surface area contributed by atoms with Crippen LogP contribution < -0.4 is 0 Å². The van der Waals surface area contributed by atoms with E-state index < -0.39 is 114 Å². The van der Waals surface area contributed by atoms with Crippen LogP contribution in [0.1, 0.15) is 74.9 Å². The second kappa shape index (κ2) is 23.4. The molecular weight excluding hydrogens is 1030 g/mol. The van der Waals surface area contributed by atoms with Crippen LogP contribution in [0, 0.1) is 5.92 Å². The summed E-state index contributed by atoms with van der Waals surface area (Å²) in [7, 11) is -9.60. The number of carbonyl (C=O) groups excluding carboxylic acids is 3. The molecule has 76 heavy (non-hydrogen) atoms. The minimum atomic E-state index is -6.57. The van der Waals surface area contributed by atoms with Crippen LogP contribution in [0.25, 0.3) is 0 Å². The van der Waals surface area contributed by atoms with Crippen molar-refractivity contribution >= 4 is 36.2 Å². The van der Waals surface area contributed by atoms with Gasteiger partial charge >= 0.3 is 21.6 Å². The van der Waals surface area contributed by atoms with Crippen molar-refractivity contribution in [1.82, 2.24) is 4.90 Å². The van der Waals surface area contributed by atoms with Gasteiger partial charge in [-0.2, -0.15) is 21.6 Å². The molecule has 0 N–H and O–H groups in total. The summed E-state index contributed by atoms with van der Waals surface area (Å²) in [5.41, 5.74) is -3.91. The first-order chi connectivity index (χ1) is 36.0. The third-order valence-corrected chi connectivity index (χ3v) is 20.6. The Morgan fingerprint density at radius 2 is 1.29 bits per heavy atom. The lowest BCUT2D eigenvalue weighted by molar-refractivity contribution is -0.379. The Morgan fingerprint density at radius 1 is 0.737 bits per heavy atom. The number of amides is 2. The predicted octanol–water partition coefficient (Wildman–Crippen LogP) is 8.93. The van der Waals surface area contributed by atoms with Gasteiger partial charge in [0.25, 0.3) is 11.8 Å². The molecule has 0 bridgehead atoms. The fourth-order valence-electron chi connectivity index (χ4n) is 9.36. The molecule has 410 valence electrons. The van der Waals surface area contributed by atoms with Crippen LogP contribution in [0.15, 0.2) is 132 Å². The van der Waals surface area contributed by atoms with Gasteiger partial charge in [-0.15, -0.1) is 0 Å². The summed E-state index contributed by atoms with van der Waals surface area (Å²) < 4.78 is 135. The van der Waals surface area contributed by atoms with E-state index in [-0.39, 0.29) is 49.1 Å². The predicted molar refractivity (Wildman–Crippen MR) is 270 cm³/mol. The van der Waals surface area contributed by atoms with Gasteiger partial charge in [0, 0.05) is 16.7 Å². The molecule has 0 aliphatic carbocycles. The number of hydrogen-bond acceptors (Lipinski definition) is 15. The summed E-state index contributed by atoms with van der Waals surface area (Å²) >= 11 is 0. The lowest BCUT2D eigenvalue weighted by Crippen LogP contribution is -2.71. The zero-order valence-corrected chi connectivity index (χ0v) is 45.2. The van der Waals surface area contributed by atoms with Crippen molar-refractivity contribution in [2.24, 2.45) is 5.92 Å². The molecule has 16 nitrogen and oxygen atoms in total. The lowest BCUT2D eigenvalue weighted by atomic mass is 9.93. The third-order valence-electron chi connectivity index (χ3n) is 15.1. The molecule has 2 amide bonds. The highest BCUT2D eigenvalue weighted by Gasteiger charge is 2.62. The molecule has 3 saturated heterocycles. The average Bonchev–Trinajstić information content (AvgIpc) is 3.62. The molecule has 4 aliphatic heterocycles. The zero-order chi connectivity index (χ0) is 54.7. The quantitative estimate of drug-likeness (QED) is 0.0285. The van der Waals surface area contributed by atoms with Crippen molar-refractivity contribution < 1.29 is 82.5 Å². The van der Waals surface area contributed by atoms with Gasteiger partial charge < -0.3 is 42.3 Å². The highest BCUT2D eigenvalue weighted by molar-refractivity contribution is 7.87.